The van der Waals surface area contributed by atoms with Crippen molar-refractivity contribution in [2.24, 2.45) is 0 Å². The molecule has 0 radical (unpaired) electrons. The Morgan fingerprint density at radius 3 is 1.90 bits per heavy atom. The zero-order valence-electron chi connectivity index (χ0n) is 36.0. The van der Waals surface area contributed by atoms with Gasteiger partial charge in [-0.25, -0.2) is 14.4 Å². The van der Waals surface area contributed by atoms with E-state index in [1.165, 1.54) is 13.4 Å². The lowest BCUT2D eigenvalue weighted by Gasteiger charge is -2.36. The van der Waals surface area contributed by atoms with Gasteiger partial charge < -0.3 is 38.3 Å². The van der Waals surface area contributed by atoms with E-state index in [0.717, 1.165) is 28.2 Å². The predicted molar refractivity (Wildman–Crippen MR) is 231 cm³/mol. The third-order valence-corrected chi connectivity index (χ3v) is 11.9. The van der Waals surface area contributed by atoms with Gasteiger partial charge in [-0.2, -0.15) is 5.26 Å². The molecule has 4 rings (SSSR count). The van der Waals surface area contributed by atoms with Gasteiger partial charge in [-0.1, -0.05) is 54.6 Å². The maximum atomic E-state index is 13.7. The van der Waals surface area contributed by atoms with Crippen molar-refractivity contribution in [3.05, 3.63) is 114 Å². The molecule has 0 spiro atoms. The zero-order valence-corrected chi connectivity index (χ0v) is 36.9. The van der Waals surface area contributed by atoms with E-state index < -0.39 is 26.1 Å². The molecule has 0 fully saturated rings. The Morgan fingerprint density at radius 1 is 0.817 bits per heavy atom. The maximum absolute atomic E-state index is 13.7. The van der Waals surface area contributed by atoms with Gasteiger partial charge in [0, 0.05) is 50.1 Å². The Hall–Kier alpha value is -4.87. The van der Waals surface area contributed by atoms with E-state index >= 15 is 0 Å². The Morgan fingerprint density at radius 2 is 1.38 bits per heavy atom. The quantitative estimate of drug-likeness (QED) is 0.0274. The molecule has 15 heteroatoms. The fourth-order valence-electron chi connectivity index (χ4n) is 7.00. The highest BCUT2D eigenvalue weighted by molar-refractivity contribution is 7.44. The van der Waals surface area contributed by atoms with Crippen molar-refractivity contribution in [2.75, 3.05) is 60.8 Å². The van der Waals surface area contributed by atoms with Crippen molar-refractivity contribution < 1.29 is 37.6 Å². The SMILES string of the molecule is COC(=O)[C@H](Cc1cnc[nH]1)NC(=O)CN(CCCOP(OCCC#N)N(C(C)C)C(C)C)CCCOC(c1ccccc1)(c1ccc(OC)cc1)c1ccc(OC)cc1. The van der Waals surface area contributed by atoms with Crippen LogP contribution in [0.25, 0.3) is 0 Å². The molecule has 0 aliphatic rings. The zero-order chi connectivity index (χ0) is 43.3. The molecular weight excluding hydrogens is 784 g/mol. The van der Waals surface area contributed by atoms with Crippen LogP contribution in [0.15, 0.2) is 91.4 Å². The van der Waals surface area contributed by atoms with Crippen molar-refractivity contribution in [1.82, 2.24) is 24.9 Å². The summed E-state index contributed by atoms with van der Waals surface area (Å²) in [5.74, 6) is 0.587. The van der Waals surface area contributed by atoms with Crippen molar-refractivity contribution in [2.45, 2.75) is 77.1 Å². The summed E-state index contributed by atoms with van der Waals surface area (Å²) in [6.45, 7) is 10.4. The average Bonchev–Trinajstić information content (AvgIpc) is 3.78. The van der Waals surface area contributed by atoms with Crippen LogP contribution in [-0.2, 0) is 40.1 Å². The Balaban J connectivity index is 1.56. The number of H-pyrrole nitrogens is 1. The molecule has 2 atom stereocenters. The molecular formula is C45H61N6O8P. The summed E-state index contributed by atoms with van der Waals surface area (Å²) in [4.78, 5) is 35.5. The summed E-state index contributed by atoms with van der Waals surface area (Å²) in [7, 11) is 3.17. The molecule has 0 aliphatic heterocycles. The Labute approximate surface area is 356 Å². The number of carbonyl (C=O) groups is 2. The van der Waals surface area contributed by atoms with Crippen LogP contribution in [0.3, 0.4) is 0 Å². The molecule has 1 unspecified atom stereocenters. The number of ether oxygens (including phenoxy) is 4. The van der Waals surface area contributed by atoms with Crippen LogP contribution in [0.5, 0.6) is 11.5 Å². The molecule has 14 nitrogen and oxygen atoms in total. The third kappa shape index (κ3) is 13.8. The van der Waals surface area contributed by atoms with E-state index in [4.69, 9.17) is 33.3 Å². The Kier molecular flexibility index (Phi) is 19.9. The second kappa shape index (κ2) is 25.0. The van der Waals surface area contributed by atoms with E-state index in [-0.39, 0.29) is 44.0 Å². The summed E-state index contributed by atoms with van der Waals surface area (Å²) in [6.07, 6.45) is 4.78. The number of rotatable bonds is 27. The van der Waals surface area contributed by atoms with Crippen molar-refractivity contribution in [3.8, 4) is 17.6 Å². The Bertz CT molecular complexity index is 1820. The van der Waals surface area contributed by atoms with Gasteiger partial charge in [-0.05, 0) is 81.5 Å². The largest absolute Gasteiger partial charge is 0.497 e. The number of hydrogen-bond donors (Lipinski definition) is 2. The summed E-state index contributed by atoms with van der Waals surface area (Å²) in [5, 5.41) is 12.0. The van der Waals surface area contributed by atoms with Crippen molar-refractivity contribution in [1.29, 1.82) is 5.26 Å². The lowest BCUT2D eigenvalue weighted by atomic mass is 9.80. The number of carbonyl (C=O) groups excluding carboxylic acids is 2. The normalized spacial score (nSPS) is 12.7. The number of esters is 1. The highest BCUT2D eigenvalue weighted by Gasteiger charge is 2.38. The molecule has 1 amide bonds. The summed E-state index contributed by atoms with van der Waals surface area (Å²) < 4.78 is 37.8. The van der Waals surface area contributed by atoms with Gasteiger partial charge in [0.05, 0.1) is 59.9 Å². The van der Waals surface area contributed by atoms with Crippen LogP contribution in [0.2, 0.25) is 0 Å². The number of nitriles is 1. The van der Waals surface area contributed by atoms with Crippen LogP contribution in [0.4, 0.5) is 0 Å². The molecule has 3 aromatic carbocycles. The lowest BCUT2D eigenvalue weighted by molar-refractivity contribution is -0.145. The molecule has 324 valence electrons. The first-order valence-electron chi connectivity index (χ1n) is 20.3. The maximum Gasteiger partial charge on any atom is 0.328 e. The fourth-order valence-corrected chi connectivity index (χ4v) is 8.62. The van der Waals surface area contributed by atoms with Crippen molar-refractivity contribution >= 4 is 20.4 Å². The van der Waals surface area contributed by atoms with Crippen LogP contribution in [0, 0.1) is 11.3 Å². The van der Waals surface area contributed by atoms with Gasteiger partial charge in [0.2, 0.25) is 5.91 Å². The number of imidazole rings is 1. The van der Waals surface area contributed by atoms with Gasteiger partial charge >= 0.3 is 5.97 Å². The first kappa shape index (κ1) is 47.8. The van der Waals surface area contributed by atoms with Crippen LogP contribution < -0.4 is 14.8 Å². The molecule has 0 saturated heterocycles. The number of methoxy groups -OCH3 is 3. The monoisotopic (exact) mass is 844 g/mol. The first-order chi connectivity index (χ1) is 29.1. The summed E-state index contributed by atoms with van der Waals surface area (Å²) in [6, 6.07) is 27.5. The number of nitrogens with zero attached hydrogens (tertiary/aromatic N) is 4. The second-order valence-electron chi connectivity index (χ2n) is 14.6. The summed E-state index contributed by atoms with van der Waals surface area (Å²) >= 11 is 0. The highest BCUT2D eigenvalue weighted by Crippen LogP contribution is 2.46. The molecule has 60 heavy (non-hydrogen) atoms. The molecule has 0 bridgehead atoms. The van der Waals surface area contributed by atoms with Gasteiger partial charge in [-0.15, -0.1) is 0 Å². The van der Waals surface area contributed by atoms with Crippen molar-refractivity contribution in [3.63, 3.8) is 0 Å². The van der Waals surface area contributed by atoms with Gasteiger partial charge in [0.1, 0.15) is 23.1 Å². The standard InChI is InChI=1S/C45H61N6O8P/c1-34(2)51(35(3)4)60(58-28-11-24-46)59-29-13-26-50(32-43(52)49-42(44(53)56-7)30-39-31-47-33-48-39)25-12-27-57-45(36-14-9-8-10-15-36,37-16-20-40(54-5)21-17-37)38-18-22-41(55-6)23-19-38/h8-10,14-23,31,33-35,42H,11-13,25-30,32H2,1-7H3,(H,47,48)(H,49,52)/t42-,60?/m0/s1. The van der Waals surface area contributed by atoms with E-state index in [0.29, 0.717) is 44.8 Å². The minimum absolute atomic E-state index is 0.0226. The molecule has 0 aliphatic carbocycles. The smallest absolute Gasteiger partial charge is 0.328 e. The molecule has 2 N–H and O–H groups in total. The van der Waals surface area contributed by atoms with E-state index in [9.17, 15) is 9.59 Å². The van der Waals surface area contributed by atoms with Crippen LogP contribution >= 0.6 is 8.53 Å². The highest BCUT2D eigenvalue weighted by atomic mass is 31.2. The molecule has 0 saturated carbocycles. The summed E-state index contributed by atoms with van der Waals surface area (Å²) in [5.41, 5.74) is 2.49. The second-order valence-corrected chi connectivity index (χ2v) is 16.1. The van der Waals surface area contributed by atoms with E-state index in [1.807, 2.05) is 71.6 Å². The number of aromatic amines is 1. The number of hydrogen-bond acceptors (Lipinski definition) is 12. The number of aromatic nitrogens is 2. The van der Waals surface area contributed by atoms with Crippen LogP contribution in [-0.4, -0.2) is 110 Å². The molecule has 1 heterocycles. The minimum Gasteiger partial charge on any atom is -0.497 e. The number of amides is 1. The first-order valence-corrected chi connectivity index (χ1v) is 21.5. The average molecular weight is 845 g/mol. The minimum atomic E-state index is -1.41. The fraction of sp³-hybridized carbons (Fsp3) is 0.467. The van der Waals surface area contributed by atoms with E-state index in [1.54, 1.807) is 20.4 Å². The lowest BCUT2D eigenvalue weighted by Crippen LogP contribution is -2.47. The predicted octanol–water partition coefficient (Wildman–Crippen LogP) is 7.01. The third-order valence-electron chi connectivity index (χ3n) is 9.76. The van der Waals surface area contributed by atoms with E-state index in [2.05, 4.69) is 65.9 Å². The van der Waals surface area contributed by atoms with Gasteiger partial charge in [0.15, 0.2) is 0 Å². The molecule has 4 aromatic rings. The number of benzene rings is 3. The van der Waals surface area contributed by atoms with Crippen LogP contribution in [0.1, 0.15) is 69.3 Å². The molecule has 1 aromatic heterocycles. The van der Waals surface area contributed by atoms with Gasteiger partial charge in [0.25, 0.3) is 8.53 Å². The topological polar surface area (TPSA) is 160 Å². The number of nitrogens with one attached hydrogen (secondary N) is 2. The van der Waals surface area contributed by atoms with Gasteiger partial charge in [-0.3, -0.25) is 9.69 Å².